The van der Waals surface area contributed by atoms with Crippen molar-refractivity contribution in [3.63, 3.8) is 0 Å². The quantitative estimate of drug-likeness (QED) is 0.670. The number of hydrogen-bond acceptors (Lipinski definition) is 4. The van der Waals surface area contributed by atoms with E-state index in [1.165, 1.54) is 24.3 Å². The third-order valence-electron chi connectivity index (χ3n) is 3.26. The molecule has 0 heterocycles. The Morgan fingerprint density at radius 2 is 1.57 bits per heavy atom. The van der Waals surface area contributed by atoms with Gasteiger partial charge in [-0.3, -0.25) is 30.6 Å². The second-order valence-corrected chi connectivity index (χ2v) is 5.03. The van der Waals surface area contributed by atoms with Crippen molar-refractivity contribution < 1.29 is 14.5 Å². The van der Waals surface area contributed by atoms with Gasteiger partial charge < -0.3 is 0 Å². The molecule has 0 spiro atoms. The largest absolute Gasteiger partial charge is 0.269 e. The number of carbonyl (C=O) groups excluding carboxylic acids is 2. The summed E-state index contributed by atoms with van der Waals surface area (Å²) in [5.41, 5.74) is 6.99. The fourth-order valence-corrected chi connectivity index (χ4v) is 2.06. The Morgan fingerprint density at radius 1 is 0.957 bits per heavy atom. The molecule has 118 valence electrons. The van der Waals surface area contributed by atoms with Crippen LogP contribution < -0.4 is 10.9 Å². The standard InChI is InChI=1S/C16H15N3O4/c1-10-3-8-14(11(2)9-10)16(21)18-17-15(20)12-4-6-13(7-5-12)19(22)23/h3-9H,1-2H3,(H,17,20)(H,18,21). The van der Waals surface area contributed by atoms with Crippen molar-refractivity contribution in [3.05, 3.63) is 74.8 Å². The Labute approximate surface area is 132 Å². The number of nitro benzene ring substituents is 1. The van der Waals surface area contributed by atoms with E-state index < -0.39 is 16.7 Å². The predicted molar refractivity (Wildman–Crippen MR) is 83.9 cm³/mol. The first kappa shape index (κ1) is 16.2. The number of aryl methyl sites for hydroxylation is 2. The first-order chi connectivity index (χ1) is 10.9. The zero-order valence-electron chi connectivity index (χ0n) is 12.6. The van der Waals surface area contributed by atoms with E-state index in [4.69, 9.17) is 0 Å². The number of hydrazine groups is 1. The number of benzene rings is 2. The first-order valence-electron chi connectivity index (χ1n) is 6.81. The minimum Gasteiger partial charge on any atom is -0.267 e. The van der Waals surface area contributed by atoms with E-state index in [0.717, 1.165) is 11.1 Å². The summed E-state index contributed by atoms with van der Waals surface area (Å²) in [6, 6.07) is 10.4. The van der Waals surface area contributed by atoms with Crippen LogP contribution in [-0.2, 0) is 0 Å². The summed E-state index contributed by atoms with van der Waals surface area (Å²) in [5.74, 6) is -0.990. The highest BCUT2D eigenvalue weighted by Crippen LogP contribution is 2.12. The molecule has 2 aromatic rings. The fourth-order valence-electron chi connectivity index (χ4n) is 2.06. The molecular formula is C16H15N3O4. The van der Waals surface area contributed by atoms with Crippen LogP contribution in [0.5, 0.6) is 0 Å². The lowest BCUT2D eigenvalue weighted by atomic mass is 10.1. The summed E-state index contributed by atoms with van der Waals surface area (Å²) in [6.45, 7) is 3.73. The molecule has 2 rings (SSSR count). The molecule has 0 fully saturated rings. The van der Waals surface area contributed by atoms with Crippen molar-refractivity contribution in [1.82, 2.24) is 10.9 Å². The number of nitro groups is 1. The van der Waals surface area contributed by atoms with Gasteiger partial charge in [0.2, 0.25) is 0 Å². The second-order valence-electron chi connectivity index (χ2n) is 5.03. The van der Waals surface area contributed by atoms with Gasteiger partial charge >= 0.3 is 0 Å². The van der Waals surface area contributed by atoms with Crippen LogP contribution in [0.4, 0.5) is 5.69 Å². The molecule has 2 amide bonds. The molecule has 7 nitrogen and oxygen atoms in total. The maximum absolute atomic E-state index is 12.0. The molecule has 0 aliphatic heterocycles. The predicted octanol–water partition coefficient (Wildman–Crippen LogP) is 2.29. The molecule has 0 atom stereocenters. The number of amides is 2. The third-order valence-corrected chi connectivity index (χ3v) is 3.26. The van der Waals surface area contributed by atoms with E-state index in [0.29, 0.717) is 5.56 Å². The van der Waals surface area contributed by atoms with E-state index in [9.17, 15) is 19.7 Å². The molecule has 2 N–H and O–H groups in total. The Balaban J connectivity index is 2.00. The van der Waals surface area contributed by atoms with E-state index in [2.05, 4.69) is 10.9 Å². The molecule has 23 heavy (non-hydrogen) atoms. The molecular weight excluding hydrogens is 298 g/mol. The van der Waals surface area contributed by atoms with Gasteiger partial charge in [-0.25, -0.2) is 0 Å². The van der Waals surface area contributed by atoms with Crippen molar-refractivity contribution in [2.24, 2.45) is 0 Å². The van der Waals surface area contributed by atoms with Crippen LogP contribution in [0.2, 0.25) is 0 Å². The highest BCUT2D eigenvalue weighted by molar-refractivity contribution is 5.99. The van der Waals surface area contributed by atoms with E-state index in [-0.39, 0.29) is 11.3 Å². The van der Waals surface area contributed by atoms with Gasteiger partial charge in [0.15, 0.2) is 0 Å². The Morgan fingerprint density at radius 3 is 2.13 bits per heavy atom. The van der Waals surface area contributed by atoms with Crippen LogP contribution in [0.3, 0.4) is 0 Å². The number of nitrogens with zero attached hydrogens (tertiary/aromatic N) is 1. The van der Waals surface area contributed by atoms with Crippen molar-refractivity contribution in [3.8, 4) is 0 Å². The zero-order chi connectivity index (χ0) is 17.0. The Bertz CT molecular complexity index is 769. The number of nitrogens with one attached hydrogen (secondary N) is 2. The highest BCUT2D eigenvalue weighted by Gasteiger charge is 2.12. The maximum Gasteiger partial charge on any atom is 0.269 e. The topological polar surface area (TPSA) is 101 Å². The number of non-ortho nitro benzene ring substituents is 1. The lowest BCUT2D eigenvalue weighted by molar-refractivity contribution is -0.384. The van der Waals surface area contributed by atoms with Gasteiger partial charge in [0.1, 0.15) is 0 Å². The summed E-state index contributed by atoms with van der Waals surface area (Å²) in [7, 11) is 0. The summed E-state index contributed by atoms with van der Waals surface area (Å²) in [6.07, 6.45) is 0. The van der Waals surface area contributed by atoms with Crippen LogP contribution in [0, 0.1) is 24.0 Å². The highest BCUT2D eigenvalue weighted by atomic mass is 16.6. The van der Waals surface area contributed by atoms with Gasteiger partial charge in [-0.1, -0.05) is 17.7 Å². The van der Waals surface area contributed by atoms with E-state index in [1.807, 2.05) is 13.0 Å². The summed E-state index contributed by atoms with van der Waals surface area (Å²) < 4.78 is 0. The number of carbonyl (C=O) groups is 2. The normalized spacial score (nSPS) is 10.0. The summed E-state index contributed by atoms with van der Waals surface area (Å²) in [4.78, 5) is 34.0. The molecule has 0 saturated heterocycles. The summed E-state index contributed by atoms with van der Waals surface area (Å²) in [5, 5.41) is 10.6. The van der Waals surface area contributed by atoms with E-state index in [1.54, 1.807) is 19.1 Å². The minimum atomic E-state index is -0.557. The molecule has 2 aromatic carbocycles. The average molecular weight is 313 g/mol. The molecule has 0 radical (unpaired) electrons. The minimum absolute atomic E-state index is 0.110. The van der Waals surface area contributed by atoms with Crippen LogP contribution in [-0.4, -0.2) is 16.7 Å². The molecule has 7 heteroatoms. The van der Waals surface area contributed by atoms with Crippen LogP contribution in [0.15, 0.2) is 42.5 Å². The molecule has 0 bridgehead atoms. The Kier molecular flexibility index (Phi) is 4.70. The fraction of sp³-hybridized carbons (Fsp3) is 0.125. The van der Waals surface area contributed by atoms with Gasteiger partial charge in [-0.2, -0.15) is 0 Å². The van der Waals surface area contributed by atoms with Gasteiger partial charge in [0.05, 0.1) is 4.92 Å². The Hall–Kier alpha value is -3.22. The zero-order valence-corrected chi connectivity index (χ0v) is 12.6. The second kappa shape index (κ2) is 6.69. The lowest BCUT2D eigenvalue weighted by Gasteiger charge is -2.09. The van der Waals surface area contributed by atoms with Gasteiger partial charge in [0.25, 0.3) is 17.5 Å². The monoisotopic (exact) mass is 313 g/mol. The smallest absolute Gasteiger partial charge is 0.267 e. The van der Waals surface area contributed by atoms with Crippen molar-refractivity contribution in [1.29, 1.82) is 0 Å². The SMILES string of the molecule is Cc1ccc(C(=O)NNC(=O)c2ccc([N+](=O)[O-])cc2)c(C)c1. The summed E-state index contributed by atoms with van der Waals surface area (Å²) >= 11 is 0. The van der Waals surface area contributed by atoms with Crippen LogP contribution >= 0.6 is 0 Å². The van der Waals surface area contributed by atoms with Gasteiger partial charge in [0, 0.05) is 23.3 Å². The van der Waals surface area contributed by atoms with Crippen molar-refractivity contribution in [2.75, 3.05) is 0 Å². The lowest BCUT2D eigenvalue weighted by Crippen LogP contribution is -2.41. The van der Waals surface area contributed by atoms with Crippen LogP contribution in [0.25, 0.3) is 0 Å². The molecule has 0 saturated carbocycles. The average Bonchev–Trinajstić information content (AvgIpc) is 2.52. The molecule has 0 aliphatic carbocycles. The molecule has 0 aromatic heterocycles. The number of hydrogen-bond donors (Lipinski definition) is 2. The maximum atomic E-state index is 12.0. The van der Waals surface area contributed by atoms with Crippen LogP contribution in [0.1, 0.15) is 31.8 Å². The van der Waals surface area contributed by atoms with E-state index >= 15 is 0 Å². The van der Waals surface area contributed by atoms with Gasteiger partial charge in [-0.05, 0) is 37.6 Å². The van der Waals surface area contributed by atoms with Gasteiger partial charge in [-0.15, -0.1) is 0 Å². The van der Waals surface area contributed by atoms with Crippen molar-refractivity contribution in [2.45, 2.75) is 13.8 Å². The first-order valence-corrected chi connectivity index (χ1v) is 6.81. The third kappa shape index (κ3) is 3.91. The van der Waals surface area contributed by atoms with Crippen molar-refractivity contribution >= 4 is 17.5 Å². The molecule has 0 aliphatic rings. The number of rotatable bonds is 3. The molecule has 0 unspecified atom stereocenters.